The van der Waals surface area contributed by atoms with Crippen molar-refractivity contribution >= 4 is 22.5 Å². The molecule has 0 unspecified atom stereocenters. The van der Waals surface area contributed by atoms with Crippen molar-refractivity contribution in [2.24, 2.45) is 0 Å². The van der Waals surface area contributed by atoms with Gasteiger partial charge in [0.15, 0.2) is 5.75 Å². The van der Waals surface area contributed by atoms with Crippen LogP contribution >= 0.6 is 11.6 Å². The SMILES string of the molecule is COc1c(Cl)ccc2cc[nH]c12. The molecule has 0 bridgehead atoms. The van der Waals surface area contributed by atoms with Gasteiger partial charge in [0.2, 0.25) is 0 Å². The van der Waals surface area contributed by atoms with Gasteiger partial charge in [-0.2, -0.15) is 0 Å². The molecule has 2 rings (SSSR count). The molecule has 0 saturated carbocycles. The predicted molar refractivity (Wildman–Crippen MR) is 49.9 cm³/mol. The fraction of sp³-hybridized carbons (Fsp3) is 0.111. The van der Waals surface area contributed by atoms with Crippen LogP contribution in [0, 0.1) is 0 Å². The maximum absolute atomic E-state index is 5.92. The summed E-state index contributed by atoms with van der Waals surface area (Å²) in [6.45, 7) is 0. The molecule has 1 aromatic heterocycles. The Bertz CT molecular complexity index is 408. The van der Waals surface area contributed by atoms with Crippen LogP contribution in [0.5, 0.6) is 5.75 Å². The van der Waals surface area contributed by atoms with Crippen molar-refractivity contribution in [1.82, 2.24) is 4.98 Å². The standard InChI is InChI=1S/C9H8ClNO/c1-12-9-7(10)3-2-6-4-5-11-8(6)9/h2-5,11H,1H3. The Morgan fingerprint density at radius 3 is 2.92 bits per heavy atom. The number of H-pyrrole nitrogens is 1. The Morgan fingerprint density at radius 1 is 1.33 bits per heavy atom. The summed E-state index contributed by atoms with van der Waals surface area (Å²) in [5.41, 5.74) is 0.949. The van der Waals surface area contributed by atoms with E-state index < -0.39 is 0 Å². The molecule has 0 aliphatic heterocycles. The molecule has 0 saturated heterocycles. The van der Waals surface area contributed by atoms with E-state index in [1.807, 2.05) is 24.4 Å². The van der Waals surface area contributed by atoms with Crippen LogP contribution in [0.4, 0.5) is 0 Å². The van der Waals surface area contributed by atoms with Crippen LogP contribution in [-0.4, -0.2) is 12.1 Å². The molecule has 0 fully saturated rings. The first kappa shape index (κ1) is 7.50. The summed E-state index contributed by atoms with van der Waals surface area (Å²) in [6.07, 6.45) is 1.86. The fourth-order valence-corrected chi connectivity index (χ4v) is 1.51. The lowest BCUT2D eigenvalue weighted by molar-refractivity contribution is 0.419. The number of aromatic amines is 1. The molecule has 0 radical (unpaired) electrons. The highest BCUT2D eigenvalue weighted by Crippen LogP contribution is 2.31. The number of methoxy groups -OCH3 is 1. The van der Waals surface area contributed by atoms with Gasteiger partial charge in [0, 0.05) is 11.6 Å². The maximum atomic E-state index is 5.92. The van der Waals surface area contributed by atoms with E-state index in [1.54, 1.807) is 7.11 Å². The maximum Gasteiger partial charge on any atom is 0.161 e. The van der Waals surface area contributed by atoms with E-state index in [0.29, 0.717) is 10.8 Å². The smallest absolute Gasteiger partial charge is 0.161 e. The number of hydrogen-bond acceptors (Lipinski definition) is 1. The molecule has 2 aromatic rings. The van der Waals surface area contributed by atoms with Gasteiger partial charge >= 0.3 is 0 Å². The first-order chi connectivity index (χ1) is 5.83. The molecule has 0 aliphatic carbocycles. The van der Waals surface area contributed by atoms with Gasteiger partial charge in [-0.3, -0.25) is 0 Å². The zero-order valence-corrected chi connectivity index (χ0v) is 7.35. The molecule has 1 heterocycles. The molecule has 0 atom stereocenters. The van der Waals surface area contributed by atoms with E-state index in [1.165, 1.54) is 0 Å². The van der Waals surface area contributed by atoms with E-state index in [9.17, 15) is 0 Å². The number of halogens is 1. The Balaban J connectivity index is 2.83. The van der Waals surface area contributed by atoms with Gasteiger partial charge in [0.1, 0.15) is 0 Å². The normalized spacial score (nSPS) is 10.5. The van der Waals surface area contributed by atoms with Crippen molar-refractivity contribution in [2.75, 3.05) is 7.11 Å². The molecule has 0 amide bonds. The quantitative estimate of drug-likeness (QED) is 0.719. The lowest BCUT2D eigenvalue weighted by atomic mass is 10.2. The van der Waals surface area contributed by atoms with Crippen LogP contribution in [0.1, 0.15) is 0 Å². The molecular weight excluding hydrogens is 174 g/mol. The topological polar surface area (TPSA) is 25.0 Å². The minimum atomic E-state index is 0.632. The van der Waals surface area contributed by atoms with Crippen molar-refractivity contribution in [1.29, 1.82) is 0 Å². The second kappa shape index (κ2) is 2.72. The summed E-state index contributed by atoms with van der Waals surface area (Å²) in [5, 5.41) is 1.74. The average Bonchev–Trinajstić information content (AvgIpc) is 2.52. The van der Waals surface area contributed by atoms with Crippen LogP contribution in [0.3, 0.4) is 0 Å². The summed E-state index contributed by atoms with van der Waals surface area (Å²) in [5.74, 6) is 0.708. The van der Waals surface area contributed by atoms with E-state index in [2.05, 4.69) is 4.98 Å². The van der Waals surface area contributed by atoms with Gasteiger partial charge in [-0.05, 0) is 12.1 Å². The Kier molecular flexibility index (Phi) is 1.70. The van der Waals surface area contributed by atoms with E-state index in [4.69, 9.17) is 16.3 Å². The van der Waals surface area contributed by atoms with E-state index in [-0.39, 0.29) is 0 Å². The second-order valence-electron chi connectivity index (χ2n) is 2.52. The molecule has 1 N–H and O–H groups in total. The van der Waals surface area contributed by atoms with Gasteiger partial charge in [-0.25, -0.2) is 0 Å². The summed E-state index contributed by atoms with van der Waals surface area (Å²) in [6, 6.07) is 5.77. The third kappa shape index (κ3) is 0.959. The number of hydrogen-bond donors (Lipinski definition) is 1. The molecular formula is C9H8ClNO. The molecule has 2 nitrogen and oxygen atoms in total. The van der Waals surface area contributed by atoms with Gasteiger partial charge in [-0.15, -0.1) is 0 Å². The number of ether oxygens (including phenoxy) is 1. The van der Waals surface area contributed by atoms with Gasteiger partial charge in [-0.1, -0.05) is 17.7 Å². The number of rotatable bonds is 1. The van der Waals surface area contributed by atoms with E-state index >= 15 is 0 Å². The number of benzene rings is 1. The predicted octanol–water partition coefficient (Wildman–Crippen LogP) is 2.83. The zero-order chi connectivity index (χ0) is 8.55. The molecule has 62 valence electrons. The monoisotopic (exact) mass is 181 g/mol. The number of aromatic nitrogens is 1. The lowest BCUT2D eigenvalue weighted by Gasteiger charge is -2.03. The lowest BCUT2D eigenvalue weighted by Crippen LogP contribution is -1.85. The summed E-state index contributed by atoms with van der Waals surface area (Å²) >= 11 is 5.92. The zero-order valence-electron chi connectivity index (χ0n) is 6.60. The minimum absolute atomic E-state index is 0.632. The fourth-order valence-electron chi connectivity index (χ4n) is 1.27. The largest absolute Gasteiger partial charge is 0.493 e. The highest BCUT2D eigenvalue weighted by molar-refractivity contribution is 6.33. The molecule has 1 aromatic carbocycles. The third-order valence-electron chi connectivity index (χ3n) is 1.84. The summed E-state index contributed by atoms with van der Waals surface area (Å²) < 4.78 is 5.15. The van der Waals surface area contributed by atoms with E-state index in [0.717, 1.165) is 10.9 Å². The Hall–Kier alpha value is -1.15. The highest BCUT2D eigenvalue weighted by Gasteiger charge is 2.05. The first-order valence-corrected chi connectivity index (χ1v) is 4.00. The van der Waals surface area contributed by atoms with Crippen LogP contribution in [0.25, 0.3) is 10.9 Å². The van der Waals surface area contributed by atoms with Crippen molar-refractivity contribution in [3.8, 4) is 5.75 Å². The van der Waals surface area contributed by atoms with Crippen molar-refractivity contribution in [3.05, 3.63) is 29.4 Å². The van der Waals surface area contributed by atoms with Crippen LogP contribution < -0.4 is 4.74 Å². The first-order valence-electron chi connectivity index (χ1n) is 3.62. The molecule has 0 spiro atoms. The van der Waals surface area contributed by atoms with Crippen molar-refractivity contribution in [2.45, 2.75) is 0 Å². The van der Waals surface area contributed by atoms with Gasteiger partial charge < -0.3 is 9.72 Å². The van der Waals surface area contributed by atoms with Crippen LogP contribution in [0.15, 0.2) is 24.4 Å². The molecule has 0 aliphatic rings. The summed E-state index contributed by atoms with van der Waals surface area (Å²) in [4.78, 5) is 3.07. The Morgan fingerprint density at radius 2 is 2.17 bits per heavy atom. The van der Waals surface area contributed by atoms with Gasteiger partial charge in [0.25, 0.3) is 0 Å². The minimum Gasteiger partial charge on any atom is -0.493 e. The van der Waals surface area contributed by atoms with Crippen LogP contribution in [-0.2, 0) is 0 Å². The van der Waals surface area contributed by atoms with Crippen LogP contribution in [0.2, 0.25) is 5.02 Å². The number of fused-ring (bicyclic) bond motifs is 1. The third-order valence-corrected chi connectivity index (χ3v) is 2.13. The summed E-state index contributed by atoms with van der Waals surface area (Å²) in [7, 11) is 1.61. The average molecular weight is 182 g/mol. The van der Waals surface area contributed by atoms with Gasteiger partial charge in [0.05, 0.1) is 17.6 Å². The molecule has 3 heteroatoms. The van der Waals surface area contributed by atoms with Crippen molar-refractivity contribution < 1.29 is 4.74 Å². The highest BCUT2D eigenvalue weighted by atomic mass is 35.5. The van der Waals surface area contributed by atoms with Crippen molar-refractivity contribution in [3.63, 3.8) is 0 Å². The Labute approximate surface area is 75.1 Å². The number of nitrogens with one attached hydrogen (secondary N) is 1. The second-order valence-corrected chi connectivity index (χ2v) is 2.93. The molecule has 12 heavy (non-hydrogen) atoms.